The van der Waals surface area contributed by atoms with Gasteiger partial charge < -0.3 is 24.5 Å². The average molecular weight is 474 g/mol. The number of hydrogen-bond acceptors (Lipinski definition) is 5. The van der Waals surface area contributed by atoms with Crippen molar-refractivity contribution in [2.24, 2.45) is 11.8 Å². The molecule has 5 atom stereocenters. The zero-order chi connectivity index (χ0) is 24.5. The van der Waals surface area contributed by atoms with E-state index < -0.39 is 29.1 Å². The lowest BCUT2D eigenvalue weighted by molar-refractivity contribution is -0.154. The highest BCUT2D eigenvalue weighted by Gasteiger charge is 2.75. The number of aliphatic hydroxyl groups excluding tert-OH is 1. The standard InChI is InChI=1S/C26H39N3O5/c1-4-7-14-28-16-9-12-26-20(23(32)29(17-10-18-30)21(26)24(28)33)19-22(31)27(13-5-2)15-8-11-25(19,6-3)34-26/h8-9,11-12,19-21,30H,4-7,10,13-18H2,1-3H3/t19-,20+,21?,25+,26+/m1/s1. The second-order valence-corrected chi connectivity index (χ2v) is 9.96. The van der Waals surface area contributed by atoms with Gasteiger partial charge in [0.25, 0.3) is 0 Å². The normalized spacial score (nSPS) is 34.9. The van der Waals surface area contributed by atoms with Gasteiger partial charge in [0.15, 0.2) is 0 Å². The third kappa shape index (κ3) is 3.70. The number of unbranched alkanes of at least 4 members (excludes halogenated alkanes) is 1. The lowest BCUT2D eigenvalue weighted by atomic mass is 9.73. The molecule has 0 radical (unpaired) electrons. The topological polar surface area (TPSA) is 90.4 Å². The molecule has 3 amide bonds. The van der Waals surface area contributed by atoms with Gasteiger partial charge in [0.2, 0.25) is 17.7 Å². The van der Waals surface area contributed by atoms with Gasteiger partial charge in [-0.2, -0.15) is 0 Å². The Labute approximate surface area is 202 Å². The Morgan fingerprint density at radius 1 is 0.882 bits per heavy atom. The maximum Gasteiger partial charge on any atom is 0.249 e. The Hall–Kier alpha value is -2.19. The third-order valence-electron chi connectivity index (χ3n) is 7.94. The lowest BCUT2D eigenvalue weighted by Crippen LogP contribution is -2.56. The molecular formula is C26H39N3O5. The van der Waals surface area contributed by atoms with Crippen LogP contribution in [-0.4, -0.2) is 94.1 Å². The minimum absolute atomic E-state index is 0.0698. The van der Waals surface area contributed by atoms with E-state index in [2.05, 4.69) is 6.92 Å². The van der Waals surface area contributed by atoms with Gasteiger partial charge in [0.05, 0.1) is 17.4 Å². The van der Waals surface area contributed by atoms with E-state index in [0.717, 1.165) is 19.3 Å². The van der Waals surface area contributed by atoms with Crippen LogP contribution in [0.3, 0.4) is 0 Å². The monoisotopic (exact) mass is 473 g/mol. The van der Waals surface area contributed by atoms with Gasteiger partial charge in [-0.1, -0.05) is 51.5 Å². The van der Waals surface area contributed by atoms with Gasteiger partial charge in [-0.05, 0) is 25.7 Å². The summed E-state index contributed by atoms with van der Waals surface area (Å²) >= 11 is 0. The molecule has 0 aromatic rings. The van der Waals surface area contributed by atoms with Crippen LogP contribution in [0.5, 0.6) is 0 Å². The molecule has 4 heterocycles. The van der Waals surface area contributed by atoms with Crippen LogP contribution in [0.15, 0.2) is 24.3 Å². The van der Waals surface area contributed by atoms with Crippen LogP contribution in [-0.2, 0) is 19.1 Å². The molecule has 2 fully saturated rings. The van der Waals surface area contributed by atoms with E-state index in [9.17, 15) is 19.5 Å². The van der Waals surface area contributed by atoms with Crippen LogP contribution in [0.1, 0.15) is 52.9 Å². The average Bonchev–Trinajstić information content (AvgIpc) is 3.12. The van der Waals surface area contributed by atoms with E-state index >= 15 is 0 Å². The molecule has 0 aliphatic carbocycles. The van der Waals surface area contributed by atoms with Gasteiger partial charge >= 0.3 is 0 Å². The van der Waals surface area contributed by atoms with Crippen LogP contribution in [0, 0.1) is 11.8 Å². The number of carbonyl (C=O) groups excluding carboxylic acids is 3. The molecule has 1 unspecified atom stereocenters. The summed E-state index contributed by atoms with van der Waals surface area (Å²) in [5, 5.41) is 9.49. The van der Waals surface area contributed by atoms with Gasteiger partial charge in [0, 0.05) is 39.3 Å². The lowest BCUT2D eigenvalue weighted by Gasteiger charge is -2.38. The molecule has 2 saturated heterocycles. The van der Waals surface area contributed by atoms with Crippen molar-refractivity contribution in [3.8, 4) is 0 Å². The molecule has 0 aromatic heterocycles. The second-order valence-electron chi connectivity index (χ2n) is 9.96. The van der Waals surface area contributed by atoms with E-state index in [0.29, 0.717) is 39.0 Å². The first kappa shape index (κ1) is 24.9. The smallest absolute Gasteiger partial charge is 0.249 e. The Bertz CT molecular complexity index is 872. The number of ether oxygens (including phenoxy) is 1. The Balaban J connectivity index is 1.83. The maximum atomic E-state index is 14.0. The molecule has 8 heteroatoms. The highest BCUT2D eigenvalue weighted by molar-refractivity contribution is 6.00. The highest BCUT2D eigenvalue weighted by atomic mass is 16.5. The molecule has 4 rings (SSSR count). The van der Waals surface area contributed by atoms with Gasteiger partial charge in [-0.3, -0.25) is 14.4 Å². The van der Waals surface area contributed by atoms with E-state index in [1.165, 1.54) is 0 Å². The van der Waals surface area contributed by atoms with Crippen LogP contribution in [0.4, 0.5) is 0 Å². The third-order valence-corrected chi connectivity index (χ3v) is 7.94. The zero-order valence-electron chi connectivity index (χ0n) is 20.7. The Kier molecular flexibility index (Phi) is 7.20. The first-order valence-electron chi connectivity index (χ1n) is 12.9. The molecule has 188 valence electrons. The summed E-state index contributed by atoms with van der Waals surface area (Å²) in [6, 6.07) is -0.830. The van der Waals surface area contributed by atoms with Crippen molar-refractivity contribution in [3.05, 3.63) is 24.3 Å². The number of amides is 3. The summed E-state index contributed by atoms with van der Waals surface area (Å²) in [6.07, 6.45) is 11.4. The van der Waals surface area contributed by atoms with Crippen molar-refractivity contribution >= 4 is 17.7 Å². The fraction of sp³-hybridized carbons (Fsp3) is 0.731. The van der Waals surface area contributed by atoms with Gasteiger partial charge in [0.1, 0.15) is 11.6 Å². The first-order chi connectivity index (χ1) is 16.4. The summed E-state index contributed by atoms with van der Waals surface area (Å²) in [4.78, 5) is 47.1. The largest absolute Gasteiger partial charge is 0.396 e. The molecule has 34 heavy (non-hydrogen) atoms. The van der Waals surface area contributed by atoms with E-state index in [4.69, 9.17) is 4.74 Å². The number of rotatable bonds is 9. The number of aliphatic hydroxyl groups is 1. The Morgan fingerprint density at radius 3 is 2.24 bits per heavy atom. The highest BCUT2D eigenvalue weighted by Crippen LogP contribution is 2.58. The summed E-state index contributed by atoms with van der Waals surface area (Å²) in [6.45, 7) is 8.48. The number of carbonyl (C=O) groups is 3. The molecule has 1 N–H and O–H groups in total. The first-order valence-corrected chi connectivity index (χ1v) is 12.9. The van der Waals surface area contributed by atoms with E-state index in [1.54, 1.807) is 9.80 Å². The summed E-state index contributed by atoms with van der Waals surface area (Å²) in [7, 11) is 0. The van der Waals surface area contributed by atoms with E-state index in [1.807, 2.05) is 43.1 Å². The molecule has 4 aliphatic rings. The molecule has 4 aliphatic heterocycles. The summed E-state index contributed by atoms with van der Waals surface area (Å²) < 4.78 is 6.88. The summed E-state index contributed by atoms with van der Waals surface area (Å²) in [5.41, 5.74) is -2.12. The number of nitrogens with zero attached hydrogens (tertiary/aromatic N) is 3. The van der Waals surface area contributed by atoms with Crippen LogP contribution in [0.2, 0.25) is 0 Å². The second kappa shape index (κ2) is 9.82. The van der Waals surface area contributed by atoms with Crippen LogP contribution in [0.25, 0.3) is 0 Å². The van der Waals surface area contributed by atoms with E-state index in [-0.39, 0.29) is 30.9 Å². The van der Waals surface area contributed by atoms with Crippen LogP contribution >= 0.6 is 0 Å². The number of fused-ring (bicyclic) bond motifs is 2. The number of hydrogen-bond donors (Lipinski definition) is 1. The van der Waals surface area contributed by atoms with Crippen molar-refractivity contribution in [3.63, 3.8) is 0 Å². The predicted octanol–water partition coefficient (Wildman–Crippen LogP) is 1.74. The zero-order valence-corrected chi connectivity index (χ0v) is 20.7. The maximum absolute atomic E-state index is 14.0. The quantitative estimate of drug-likeness (QED) is 0.515. The molecule has 0 bridgehead atoms. The van der Waals surface area contributed by atoms with Crippen molar-refractivity contribution in [2.75, 3.05) is 39.3 Å². The van der Waals surface area contributed by atoms with Crippen LogP contribution < -0.4 is 0 Å². The molecule has 8 nitrogen and oxygen atoms in total. The predicted molar refractivity (Wildman–Crippen MR) is 128 cm³/mol. The van der Waals surface area contributed by atoms with Crippen molar-refractivity contribution < 1.29 is 24.2 Å². The molecular weight excluding hydrogens is 434 g/mol. The van der Waals surface area contributed by atoms with Gasteiger partial charge in [-0.25, -0.2) is 0 Å². The Morgan fingerprint density at radius 2 is 1.59 bits per heavy atom. The van der Waals surface area contributed by atoms with Gasteiger partial charge in [-0.15, -0.1) is 0 Å². The van der Waals surface area contributed by atoms with Crippen molar-refractivity contribution in [2.45, 2.75) is 70.1 Å². The SMILES string of the molecule is CCCCN1CC=C[C@]23O[C@@]4(CC)C=CCN(CCC)C(=O)[C@H]4[C@H]2C(=O)N(CCCO)C3C1=O. The molecule has 0 saturated carbocycles. The minimum Gasteiger partial charge on any atom is -0.396 e. The molecule has 1 spiro atoms. The number of likely N-dealkylation sites (tertiary alicyclic amines) is 1. The summed E-state index contributed by atoms with van der Waals surface area (Å²) in [5.74, 6) is -1.86. The fourth-order valence-electron chi connectivity index (χ4n) is 6.36. The van der Waals surface area contributed by atoms with Crippen molar-refractivity contribution in [1.82, 2.24) is 14.7 Å². The van der Waals surface area contributed by atoms with Crippen molar-refractivity contribution in [1.29, 1.82) is 0 Å². The fourth-order valence-corrected chi connectivity index (χ4v) is 6.36. The molecule has 0 aromatic carbocycles. The minimum atomic E-state index is -1.19.